The summed E-state index contributed by atoms with van der Waals surface area (Å²) in [6, 6.07) is 8.11. The molecule has 0 unspecified atom stereocenters. The van der Waals surface area contributed by atoms with Gasteiger partial charge in [0, 0.05) is 44.7 Å². The summed E-state index contributed by atoms with van der Waals surface area (Å²) in [5.41, 5.74) is 2.03. The molecule has 0 spiro atoms. The Kier molecular flexibility index (Phi) is 8.45. The van der Waals surface area contributed by atoms with E-state index in [4.69, 9.17) is 14.3 Å². The van der Waals surface area contributed by atoms with Crippen molar-refractivity contribution in [2.45, 2.75) is 33.2 Å². The number of guanidine groups is 1. The molecule has 29 heavy (non-hydrogen) atoms. The lowest BCUT2D eigenvalue weighted by atomic mass is 10.1. The number of nitrogens with one attached hydrogen (secondary N) is 2. The molecule has 8 nitrogen and oxygen atoms in total. The average molecular weight is 401 g/mol. The van der Waals surface area contributed by atoms with Crippen molar-refractivity contribution in [1.82, 2.24) is 25.7 Å². The summed E-state index contributed by atoms with van der Waals surface area (Å²) in [5, 5.41) is 10.8. The Labute approximate surface area is 172 Å². The van der Waals surface area contributed by atoms with E-state index in [1.165, 1.54) is 0 Å². The van der Waals surface area contributed by atoms with Crippen LogP contribution in [0.15, 0.2) is 33.8 Å². The number of hydrogen-bond acceptors (Lipinski definition) is 6. The molecule has 1 fully saturated rings. The van der Waals surface area contributed by atoms with Crippen molar-refractivity contribution in [2.24, 2.45) is 4.99 Å². The van der Waals surface area contributed by atoms with E-state index in [-0.39, 0.29) is 0 Å². The van der Waals surface area contributed by atoms with E-state index in [9.17, 15) is 0 Å². The number of hydrogen-bond donors (Lipinski definition) is 2. The van der Waals surface area contributed by atoms with E-state index in [0.717, 1.165) is 81.7 Å². The van der Waals surface area contributed by atoms with Gasteiger partial charge >= 0.3 is 0 Å². The SMILES string of the molecule is CCCc1noc(-c2cccc(CN=C(NCC)NCCN3CCOCC3)c2)n1. The van der Waals surface area contributed by atoms with E-state index >= 15 is 0 Å². The minimum atomic E-state index is 0.565. The van der Waals surface area contributed by atoms with Gasteiger partial charge in [0.1, 0.15) is 0 Å². The summed E-state index contributed by atoms with van der Waals surface area (Å²) in [5.74, 6) is 2.15. The van der Waals surface area contributed by atoms with E-state index in [2.05, 4.69) is 51.7 Å². The largest absolute Gasteiger partial charge is 0.379 e. The molecule has 2 N–H and O–H groups in total. The Bertz CT molecular complexity index is 770. The molecule has 1 aliphatic rings. The molecule has 0 saturated carbocycles. The maximum Gasteiger partial charge on any atom is 0.257 e. The van der Waals surface area contributed by atoms with Crippen molar-refractivity contribution in [3.8, 4) is 11.5 Å². The van der Waals surface area contributed by atoms with Crippen molar-refractivity contribution in [3.63, 3.8) is 0 Å². The fourth-order valence-electron chi connectivity index (χ4n) is 3.17. The van der Waals surface area contributed by atoms with Gasteiger partial charge in [0.05, 0.1) is 19.8 Å². The lowest BCUT2D eigenvalue weighted by Gasteiger charge is -2.26. The second-order valence-corrected chi connectivity index (χ2v) is 7.04. The molecule has 1 saturated heterocycles. The quantitative estimate of drug-likeness (QED) is 0.492. The van der Waals surface area contributed by atoms with Gasteiger partial charge in [0.2, 0.25) is 0 Å². The molecular weight excluding hydrogens is 368 g/mol. The summed E-state index contributed by atoms with van der Waals surface area (Å²) in [6.45, 7) is 11.1. The second-order valence-electron chi connectivity index (χ2n) is 7.04. The first-order chi connectivity index (χ1) is 14.3. The zero-order valence-corrected chi connectivity index (χ0v) is 17.5. The number of rotatable bonds is 9. The molecule has 158 valence electrons. The van der Waals surface area contributed by atoms with Crippen LogP contribution in [0.1, 0.15) is 31.7 Å². The van der Waals surface area contributed by atoms with Crippen LogP contribution >= 0.6 is 0 Å². The molecule has 0 aliphatic carbocycles. The van der Waals surface area contributed by atoms with Gasteiger partial charge < -0.3 is 19.9 Å². The van der Waals surface area contributed by atoms with Crippen LogP contribution in [0.2, 0.25) is 0 Å². The molecule has 1 aromatic heterocycles. The molecule has 0 radical (unpaired) electrons. The van der Waals surface area contributed by atoms with E-state index < -0.39 is 0 Å². The molecule has 8 heteroatoms. The number of nitrogens with zero attached hydrogens (tertiary/aromatic N) is 4. The highest BCUT2D eigenvalue weighted by Gasteiger charge is 2.10. The number of benzene rings is 1. The van der Waals surface area contributed by atoms with Crippen molar-refractivity contribution in [2.75, 3.05) is 45.9 Å². The van der Waals surface area contributed by atoms with Gasteiger partial charge in [-0.2, -0.15) is 4.98 Å². The van der Waals surface area contributed by atoms with Crippen molar-refractivity contribution in [1.29, 1.82) is 0 Å². The lowest BCUT2D eigenvalue weighted by molar-refractivity contribution is 0.0389. The summed E-state index contributed by atoms with van der Waals surface area (Å²) >= 11 is 0. The molecule has 2 heterocycles. The average Bonchev–Trinajstić information content (AvgIpc) is 3.22. The zero-order chi connectivity index (χ0) is 20.3. The normalized spacial score (nSPS) is 15.4. The highest BCUT2D eigenvalue weighted by Crippen LogP contribution is 2.19. The third-order valence-electron chi connectivity index (χ3n) is 4.70. The Morgan fingerprint density at radius 3 is 2.86 bits per heavy atom. The van der Waals surface area contributed by atoms with Crippen LogP contribution < -0.4 is 10.6 Å². The van der Waals surface area contributed by atoms with Gasteiger partial charge in [-0.25, -0.2) is 4.99 Å². The number of aromatic nitrogens is 2. The van der Waals surface area contributed by atoms with Crippen molar-refractivity contribution in [3.05, 3.63) is 35.7 Å². The Hall–Kier alpha value is -2.45. The van der Waals surface area contributed by atoms with Gasteiger partial charge in [0.25, 0.3) is 5.89 Å². The third kappa shape index (κ3) is 6.83. The predicted octanol–water partition coefficient (Wildman–Crippen LogP) is 2.08. The Morgan fingerprint density at radius 2 is 2.07 bits per heavy atom. The molecule has 0 bridgehead atoms. The van der Waals surface area contributed by atoms with Crippen LogP contribution in [0.5, 0.6) is 0 Å². The molecule has 0 atom stereocenters. The van der Waals surface area contributed by atoms with Crippen LogP contribution in [0.25, 0.3) is 11.5 Å². The molecular formula is C21H32N6O2. The van der Waals surface area contributed by atoms with Crippen LogP contribution in [0.3, 0.4) is 0 Å². The number of morpholine rings is 1. The van der Waals surface area contributed by atoms with Crippen LogP contribution in [-0.4, -0.2) is 66.9 Å². The monoisotopic (exact) mass is 400 g/mol. The summed E-state index contributed by atoms with van der Waals surface area (Å²) in [4.78, 5) is 11.6. The highest BCUT2D eigenvalue weighted by atomic mass is 16.5. The van der Waals surface area contributed by atoms with Crippen LogP contribution in [-0.2, 0) is 17.7 Å². The molecule has 3 rings (SSSR count). The first-order valence-electron chi connectivity index (χ1n) is 10.5. The number of ether oxygens (including phenoxy) is 1. The van der Waals surface area contributed by atoms with E-state index in [1.54, 1.807) is 0 Å². The van der Waals surface area contributed by atoms with Crippen LogP contribution in [0, 0.1) is 0 Å². The van der Waals surface area contributed by atoms with Gasteiger partial charge in [-0.15, -0.1) is 0 Å². The fraction of sp³-hybridized carbons (Fsp3) is 0.571. The van der Waals surface area contributed by atoms with Crippen molar-refractivity contribution >= 4 is 5.96 Å². The van der Waals surface area contributed by atoms with Crippen molar-refractivity contribution < 1.29 is 9.26 Å². The summed E-state index contributed by atoms with van der Waals surface area (Å²) in [7, 11) is 0. The topological polar surface area (TPSA) is 87.8 Å². The van der Waals surface area contributed by atoms with E-state index in [0.29, 0.717) is 12.4 Å². The standard InChI is InChI=1S/C21H32N6O2/c1-3-6-19-25-20(29-26-19)18-8-5-7-17(15-18)16-24-21(22-4-2)23-9-10-27-11-13-28-14-12-27/h5,7-8,15H,3-4,6,9-14,16H2,1-2H3,(H2,22,23,24). The molecule has 1 aromatic carbocycles. The Balaban J connectivity index is 1.56. The van der Waals surface area contributed by atoms with Crippen LogP contribution in [0.4, 0.5) is 0 Å². The minimum Gasteiger partial charge on any atom is -0.379 e. The Morgan fingerprint density at radius 1 is 1.21 bits per heavy atom. The maximum atomic E-state index is 5.40. The summed E-state index contributed by atoms with van der Waals surface area (Å²) < 4.78 is 10.8. The number of aliphatic imine (C=N–C) groups is 1. The molecule has 1 aliphatic heterocycles. The van der Waals surface area contributed by atoms with Gasteiger partial charge in [-0.3, -0.25) is 4.90 Å². The van der Waals surface area contributed by atoms with Gasteiger partial charge in [-0.1, -0.05) is 24.2 Å². The predicted molar refractivity (Wildman–Crippen MR) is 114 cm³/mol. The first kappa shape index (κ1) is 21.3. The van der Waals surface area contributed by atoms with Gasteiger partial charge in [-0.05, 0) is 31.0 Å². The molecule has 0 amide bonds. The summed E-state index contributed by atoms with van der Waals surface area (Å²) in [6.07, 6.45) is 1.83. The smallest absolute Gasteiger partial charge is 0.257 e. The third-order valence-corrected chi connectivity index (χ3v) is 4.70. The van der Waals surface area contributed by atoms with E-state index in [1.807, 2.05) is 12.1 Å². The number of aryl methyl sites for hydroxylation is 1. The fourth-order valence-corrected chi connectivity index (χ4v) is 3.17. The van der Waals surface area contributed by atoms with Gasteiger partial charge in [0.15, 0.2) is 11.8 Å². The molecule has 2 aromatic rings. The highest BCUT2D eigenvalue weighted by molar-refractivity contribution is 5.79. The second kappa shape index (κ2) is 11.5. The maximum absolute atomic E-state index is 5.40. The zero-order valence-electron chi connectivity index (χ0n) is 17.5. The first-order valence-corrected chi connectivity index (χ1v) is 10.5. The lowest BCUT2D eigenvalue weighted by Crippen LogP contribution is -2.44. The minimum absolute atomic E-state index is 0.565.